The van der Waals surface area contributed by atoms with Gasteiger partial charge in [-0.2, -0.15) is 13.5 Å². The molecule has 1 heterocycles. The zero-order valence-electron chi connectivity index (χ0n) is 15.0. The molecule has 1 spiro atoms. The summed E-state index contributed by atoms with van der Waals surface area (Å²) < 4.78 is 0. The van der Waals surface area contributed by atoms with Crippen molar-refractivity contribution >= 4 is 25.3 Å². The first-order chi connectivity index (χ1) is 9.89. The van der Waals surface area contributed by atoms with Crippen molar-refractivity contribution in [2.24, 2.45) is 17.1 Å². The van der Waals surface area contributed by atoms with Crippen LogP contribution in [0.2, 0.25) is 0 Å². The molecule has 8 heteroatoms. The van der Waals surface area contributed by atoms with E-state index in [0.717, 1.165) is 32.2 Å². The molecule has 0 aromatic carbocycles. The van der Waals surface area contributed by atoms with Crippen LogP contribution in [-0.4, -0.2) is 53.6 Å². The minimum absolute atomic E-state index is 0. The van der Waals surface area contributed by atoms with Crippen LogP contribution >= 0.6 is 13.5 Å². The Labute approximate surface area is 178 Å². The number of nitrogens with one attached hydrogen (secondary N) is 1. The van der Waals surface area contributed by atoms with Crippen molar-refractivity contribution in [2.75, 3.05) is 19.7 Å². The van der Waals surface area contributed by atoms with Gasteiger partial charge in [-0.05, 0) is 38.1 Å². The monoisotopic (exact) mass is 435 g/mol. The van der Waals surface area contributed by atoms with Crippen molar-refractivity contribution in [1.82, 2.24) is 10.2 Å². The van der Waals surface area contributed by atoms with Crippen molar-refractivity contribution < 1.29 is 47.4 Å². The summed E-state index contributed by atoms with van der Waals surface area (Å²) in [6, 6.07) is -0.371. The Morgan fingerprint density at radius 3 is 2.33 bits per heavy atom. The molecular weight excluding hydrogens is 403 g/mol. The van der Waals surface area contributed by atoms with Crippen LogP contribution in [0.15, 0.2) is 0 Å². The van der Waals surface area contributed by atoms with Crippen LogP contribution in [0.25, 0.3) is 0 Å². The van der Waals surface area contributed by atoms with Gasteiger partial charge in [-0.3, -0.25) is 9.59 Å². The fourth-order valence-corrected chi connectivity index (χ4v) is 3.42. The molecule has 2 rings (SSSR count). The average molecular weight is 435 g/mol. The van der Waals surface area contributed by atoms with Gasteiger partial charge in [0, 0.05) is 45.3 Å². The first-order valence-corrected chi connectivity index (χ1v) is 7.84. The molecule has 1 saturated heterocycles. The predicted octanol–water partition coefficient (Wildman–Crippen LogP) is 0.410. The van der Waals surface area contributed by atoms with Gasteiger partial charge in [0.15, 0.2) is 0 Å². The van der Waals surface area contributed by atoms with Crippen molar-refractivity contribution in [3.63, 3.8) is 0 Å². The van der Waals surface area contributed by atoms with Crippen molar-refractivity contribution in [2.45, 2.75) is 51.6 Å². The molecular formula is C16H32N3O3SY-. The number of carbonyl (C=O) groups excluding carboxylic acids is 2. The fraction of sp³-hybridized carbons (Fsp3) is 0.812. The van der Waals surface area contributed by atoms with Crippen LogP contribution in [0.4, 0.5) is 0 Å². The van der Waals surface area contributed by atoms with E-state index in [1.807, 2.05) is 0 Å². The first-order valence-electron chi connectivity index (χ1n) is 7.84. The molecule has 4 N–H and O–H groups in total. The van der Waals surface area contributed by atoms with Gasteiger partial charge >= 0.3 is 0 Å². The maximum atomic E-state index is 12.4. The third-order valence-corrected chi connectivity index (χ3v) is 4.82. The van der Waals surface area contributed by atoms with E-state index in [1.54, 1.807) is 0 Å². The topological polar surface area (TPSA) is 95.7 Å². The summed E-state index contributed by atoms with van der Waals surface area (Å²) in [6.45, 7) is 5.53. The second kappa shape index (κ2) is 11.1. The van der Waals surface area contributed by atoms with Crippen molar-refractivity contribution in [3.8, 4) is 0 Å². The molecule has 0 unspecified atom stereocenters. The summed E-state index contributed by atoms with van der Waals surface area (Å²) in [4.78, 5) is 25.1. The van der Waals surface area contributed by atoms with E-state index in [-0.39, 0.29) is 65.0 Å². The van der Waals surface area contributed by atoms with Gasteiger partial charge in [0.1, 0.15) is 6.04 Å². The van der Waals surface area contributed by atoms with E-state index < -0.39 is 18.6 Å². The van der Waals surface area contributed by atoms with Gasteiger partial charge in [0.05, 0.1) is 12.0 Å². The van der Waals surface area contributed by atoms with Crippen LogP contribution in [0.3, 0.4) is 0 Å². The molecule has 0 bridgehead atoms. The second-order valence-corrected chi connectivity index (χ2v) is 6.89. The number of β-lactam (4-membered cyclic amide) rings is 1. The van der Waals surface area contributed by atoms with Crippen molar-refractivity contribution in [1.29, 1.82) is 0 Å². The Hall–Kier alpha value is 0.314. The minimum Gasteiger partial charge on any atom is -0.394 e. The number of aliphatic hydroxyl groups excluding tert-OH is 1. The zero-order valence-corrected chi connectivity index (χ0v) is 18.9. The number of hydrogen-bond acceptors (Lipinski definition) is 4. The fourth-order valence-electron chi connectivity index (χ4n) is 3.42. The second-order valence-electron chi connectivity index (χ2n) is 6.89. The minimum atomic E-state index is -0.861. The SMILES string of the molecule is CC(C)CNC1CCC2(CC1)CN([C@@H](CO)C(N)=O)C2=O.S.[CH3-].[Y]. The Morgan fingerprint density at radius 1 is 1.42 bits per heavy atom. The molecule has 24 heavy (non-hydrogen) atoms. The maximum absolute atomic E-state index is 12.4. The Morgan fingerprint density at radius 2 is 1.96 bits per heavy atom. The number of likely N-dealkylation sites (tertiary alicyclic amines) is 1. The Balaban J connectivity index is 0. The molecule has 1 aliphatic heterocycles. The van der Waals surface area contributed by atoms with Crippen LogP contribution in [0.1, 0.15) is 39.5 Å². The van der Waals surface area contributed by atoms with Gasteiger partial charge in [0.25, 0.3) is 0 Å². The molecule has 1 atom stereocenters. The summed E-state index contributed by atoms with van der Waals surface area (Å²) >= 11 is 0. The van der Waals surface area contributed by atoms with Crippen LogP contribution in [0, 0.1) is 18.8 Å². The first kappa shape index (κ1) is 26.5. The van der Waals surface area contributed by atoms with E-state index >= 15 is 0 Å². The normalized spacial score (nSPS) is 26.8. The van der Waals surface area contributed by atoms with Gasteiger partial charge in [-0.15, -0.1) is 0 Å². The summed E-state index contributed by atoms with van der Waals surface area (Å²) in [7, 11) is 0. The molecule has 2 fully saturated rings. The summed E-state index contributed by atoms with van der Waals surface area (Å²) in [6.07, 6.45) is 3.70. The van der Waals surface area contributed by atoms with Crippen LogP contribution in [0.5, 0.6) is 0 Å². The van der Waals surface area contributed by atoms with Gasteiger partial charge in [0.2, 0.25) is 11.8 Å². The number of primary amides is 1. The molecule has 0 aromatic rings. The van der Waals surface area contributed by atoms with E-state index in [1.165, 1.54) is 4.90 Å². The summed E-state index contributed by atoms with van der Waals surface area (Å²) in [5, 5.41) is 12.7. The third-order valence-electron chi connectivity index (χ3n) is 4.82. The molecule has 139 valence electrons. The smallest absolute Gasteiger partial charge is 0.242 e. The third kappa shape index (κ3) is 5.66. The molecule has 0 aromatic heterocycles. The molecule has 1 aliphatic carbocycles. The molecule has 2 amide bonds. The number of carbonyl (C=O) groups is 2. The number of amides is 2. The molecule has 1 saturated carbocycles. The molecule has 6 nitrogen and oxygen atoms in total. The number of rotatable bonds is 6. The number of hydrogen-bond donors (Lipinski definition) is 3. The van der Waals surface area contributed by atoms with E-state index in [4.69, 9.17) is 5.73 Å². The largest absolute Gasteiger partial charge is 0.394 e. The predicted molar refractivity (Wildman–Crippen MR) is 96.1 cm³/mol. The van der Waals surface area contributed by atoms with E-state index in [2.05, 4.69) is 19.2 Å². The van der Waals surface area contributed by atoms with E-state index in [9.17, 15) is 14.7 Å². The van der Waals surface area contributed by atoms with Gasteiger partial charge in [-0.25, -0.2) is 0 Å². The molecule has 1 radical (unpaired) electrons. The Kier molecular flexibility index (Phi) is 12.3. The van der Waals surface area contributed by atoms with Crippen LogP contribution in [-0.2, 0) is 42.3 Å². The standard InChI is InChI=1S/C15H27N3O3.CH3.H2S.Y/c1-10(2)7-17-11-3-5-15(6-4-11)9-18(14(15)21)12(8-19)13(16)20;;;/h10-12,17,19H,3-9H2,1-2H3,(H2,16,20);1H3;1H2;/q;-1;;/t11?,12-,15?;;;/m0.../s1. The average Bonchev–Trinajstić information content (AvgIpc) is 2.45. The van der Waals surface area contributed by atoms with E-state index in [0.29, 0.717) is 18.5 Å². The Bertz CT molecular complexity index is 415. The van der Waals surface area contributed by atoms with Crippen molar-refractivity contribution in [3.05, 3.63) is 7.43 Å². The quantitative estimate of drug-likeness (QED) is 0.416. The number of nitrogens with two attached hydrogens (primary N) is 1. The summed E-state index contributed by atoms with van der Waals surface area (Å²) in [5.74, 6) is -0.0155. The van der Waals surface area contributed by atoms with Gasteiger partial charge in [-0.1, -0.05) is 13.8 Å². The zero-order chi connectivity index (χ0) is 15.6. The maximum Gasteiger partial charge on any atom is 0.242 e. The molecule has 2 aliphatic rings. The number of aliphatic hydroxyl groups is 1. The van der Waals surface area contributed by atoms with Gasteiger partial charge < -0.3 is 28.5 Å². The summed E-state index contributed by atoms with van der Waals surface area (Å²) in [5.41, 5.74) is 4.92. The number of nitrogens with zero attached hydrogens (tertiary/aromatic N) is 1. The van der Waals surface area contributed by atoms with Crippen LogP contribution < -0.4 is 11.1 Å².